The van der Waals surface area contributed by atoms with Gasteiger partial charge < -0.3 is 24.8 Å². The van der Waals surface area contributed by atoms with E-state index in [-0.39, 0.29) is 5.91 Å². The van der Waals surface area contributed by atoms with E-state index in [2.05, 4.69) is 30.5 Å². The Labute approximate surface area is 249 Å². The quantitative estimate of drug-likeness (QED) is 0.161. The molecular formula is C31H33ClN6O4. The molecule has 0 unspecified atom stereocenters. The first-order valence-electron chi connectivity index (χ1n) is 13.8. The molecule has 11 heteroatoms. The first-order chi connectivity index (χ1) is 20.6. The lowest BCUT2D eigenvalue weighted by molar-refractivity contribution is -0.111. The van der Waals surface area contributed by atoms with Crippen LogP contribution in [0.1, 0.15) is 19.0 Å². The first kappa shape index (κ1) is 29.2. The fourth-order valence-corrected chi connectivity index (χ4v) is 4.72. The minimum absolute atomic E-state index is 0.255. The van der Waals surface area contributed by atoms with Crippen molar-refractivity contribution in [3.05, 3.63) is 83.9 Å². The summed E-state index contributed by atoms with van der Waals surface area (Å²) in [7, 11) is 0. The highest BCUT2D eigenvalue weighted by atomic mass is 35.5. The number of anilines is 3. The van der Waals surface area contributed by atoms with E-state index in [1.54, 1.807) is 31.3 Å². The molecule has 1 aliphatic heterocycles. The van der Waals surface area contributed by atoms with Crippen LogP contribution in [0.4, 0.5) is 17.2 Å². The summed E-state index contributed by atoms with van der Waals surface area (Å²) in [5.41, 5.74) is 2.72. The number of carbonyl (C=O) groups excluding carboxylic acids is 1. The van der Waals surface area contributed by atoms with E-state index in [1.165, 1.54) is 12.4 Å². The van der Waals surface area contributed by atoms with E-state index in [0.29, 0.717) is 57.8 Å². The van der Waals surface area contributed by atoms with Crippen molar-refractivity contribution in [1.29, 1.82) is 0 Å². The lowest BCUT2D eigenvalue weighted by Gasteiger charge is -2.26. The zero-order valence-electron chi connectivity index (χ0n) is 23.4. The van der Waals surface area contributed by atoms with Crippen molar-refractivity contribution in [2.45, 2.75) is 20.0 Å². The highest BCUT2D eigenvalue weighted by Gasteiger charge is 2.15. The number of fused-ring (bicyclic) bond motifs is 1. The van der Waals surface area contributed by atoms with Crippen LogP contribution in [0.25, 0.3) is 10.9 Å². The Morgan fingerprint density at radius 3 is 2.74 bits per heavy atom. The zero-order chi connectivity index (χ0) is 29.1. The molecule has 5 rings (SSSR count). The maximum atomic E-state index is 12.5. The Hall–Kier alpha value is -4.25. The molecule has 0 atom stereocenters. The second kappa shape index (κ2) is 14.6. The molecule has 4 aromatic rings. The number of carbonyl (C=O) groups is 1. The molecule has 3 heterocycles. The van der Waals surface area contributed by atoms with Crippen molar-refractivity contribution in [3.8, 4) is 11.5 Å². The Morgan fingerprint density at radius 2 is 1.95 bits per heavy atom. The summed E-state index contributed by atoms with van der Waals surface area (Å²) in [4.78, 5) is 28.0. The normalized spacial score (nSPS) is 13.8. The van der Waals surface area contributed by atoms with Crippen LogP contribution in [-0.4, -0.2) is 65.2 Å². The molecule has 0 radical (unpaired) electrons. The molecule has 1 amide bonds. The number of pyridine rings is 1. The van der Waals surface area contributed by atoms with Crippen molar-refractivity contribution in [1.82, 2.24) is 19.9 Å². The van der Waals surface area contributed by atoms with Gasteiger partial charge in [-0.15, -0.1) is 0 Å². The van der Waals surface area contributed by atoms with E-state index in [4.69, 9.17) is 25.8 Å². The summed E-state index contributed by atoms with van der Waals surface area (Å²) in [5.74, 6) is 1.39. The number of hydrogen-bond acceptors (Lipinski definition) is 9. The van der Waals surface area contributed by atoms with Gasteiger partial charge in [0.25, 0.3) is 0 Å². The predicted octanol–water partition coefficient (Wildman–Crippen LogP) is 5.62. The number of benzene rings is 2. The van der Waals surface area contributed by atoms with E-state index in [1.807, 2.05) is 36.4 Å². The van der Waals surface area contributed by atoms with Gasteiger partial charge in [-0.05, 0) is 55.8 Å². The van der Waals surface area contributed by atoms with Crippen LogP contribution in [-0.2, 0) is 16.1 Å². The number of halogens is 1. The average Bonchev–Trinajstić information content (AvgIpc) is 3.00. The Balaban J connectivity index is 1.32. The van der Waals surface area contributed by atoms with Crippen molar-refractivity contribution in [2.75, 3.05) is 50.1 Å². The third kappa shape index (κ3) is 7.94. The number of nitrogens with one attached hydrogen (secondary N) is 2. The number of allylic oxidation sites excluding steroid dienone is 1. The Morgan fingerprint density at radius 1 is 1.07 bits per heavy atom. The van der Waals surface area contributed by atoms with Crippen molar-refractivity contribution >= 4 is 45.6 Å². The summed E-state index contributed by atoms with van der Waals surface area (Å²) in [5, 5.41) is 7.40. The molecular weight excluding hydrogens is 556 g/mol. The SMILES string of the molecule is C/C=C/C(=O)Nc1cc2c(Nc3ccc(OCc4ccccn4)c(Cl)c3)ncnc2cc1OCCCN1CCOCC1. The van der Waals surface area contributed by atoms with Gasteiger partial charge in [0.1, 0.15) is 30.3 Å². The maximum Gasteiger partial charge on any atom is 0.248 e. The lowest BCUT2D eigenvalue weighted by Crippen LogP contribution is -2.37. The molecule has 0 aliphatic carbocycles. The zero-order valence-corrected chi connectivity index (χ0v) is 24.1. The third-order valence-electron chi connectivity index (χ3n) is 6.59. The number of rotatable bonds is 12. The largest absolute Gasteiger partial charge is 0.491 e. The van der Waals surface area contributed by atoms with Crippen molar-refractivity contribution < 1.29 is 19.0 Å². The molecule has 0 bridgehead atoms. The Kier molecular flexibility index (Phi) is 10.2. The molecule has 0 saturated carbocycles. The summed E-state index contributed by atoms with van der Waals surface area (Å²) >= 11 is 6.53. The number of amides is 1. The van der Waals surface area contributed by atoms with Crippen LogP contribution in [0.15, 0.2) is 73.2 Å². The predicted molar refractivity (Wildman–Crippen MR) is 164 cm³/mol. The van der Waals surface area contributed by atoms with Gasteiger partial charge in [0, 0.05) is 43.0 Å². The van der Waals surface area contributed by atoms with Crippen LogP contribution < -0.4 is 20.1 Å². The first-order valence-corrected chi connectivity index (χ1v) is 14.2. The Bertz CT molecular complexity index is 1530. The summed E-state index contributed by atoms with van der Waals surface area (Å²) in [6.45, 7) is 6.90. The fraction of sp³-hybridized carbons (Fsp3) is 0.290. The van der Waals surface area contributed by atoms with Gasteiger partial charge in [-0.3, -0.25) is 14.7 Å². The van der Waals surface area contributed by atoms with Crippen LogP contribution in [0.5, 0.6) is 11.5 Å². The van der Waals surface area contributed by atoms with E-state index in [9.17, 15) is 4.79 Å². The maximum absolute atomic E-state index is 12.5. The molecule has 42 heavy (non-hydrogen) atoms. The molecule has 1 fully saturated rings. The molecule has 1 saturated heterocycles. The van der Waals surface area contributed by atoms with Gasteiger partial charge in [0.05, 0.1) is 41.7 Å². The number of ether oxygens (including phenoxy) is 3. The molecule has 2 aromatic carbocycles. The summed E-state index contributed by atoms with van der Waals surface area (Å²) in [6.07, 6.45) is 7.20. The molecule has 1 aliphatic rings. The van der Waals surface area contributed by atoms with Gasteiger partial charge >= 0.3 is 0 Å². The summed E-state index contributed by atoms with van der Waals surface area (Å²) in [6, 6.07) is 14.7. The molecule has 218 valence electrons. The molecule has 2 aromatic heterocycles. The number of nitrogens with zero attached hydrogens (tertiary/aromatic N) is 4. The number of hydrogen-bond donors (Lipinski definition) is 2. The minimum atomic E-state index is -0.255. The molecule has 10 nitrogen and oxygen atoms in total. The topological polar surface area (TPSA) is 111 Å². The van der Waals surface area contributed by atoms with Gasteiger partial charge in [-0.2, -0.15) is 0 Å². The second-order valence-electron chi connectivity index (χ2n) is 9.61. The van der Waals surface area contributed by atoms with Crippen molar-refractivity contribution in [3.63, 3.8) is 0 Å². The molecule has 0 spiro atoms. The highest BCUT2D eigenvalue weighted by Crippen LogP contribution is 2.35. The monoisotopic (exact) mass is 588 g/mol. The highest BCUT2D eigenvalue weighted by molar-refractivity contribution is 6.32. The number of aromatic nitrogens is 3. The van der Waals surface area contributed by atoms with E-state index >= 15 is 0 Å². The minimum Gasteiger partial charge on any atom is -0.491 e. The molecule has 2 N–H and O–H groups in total. The van der Waals surface area contributed by atoms with Gasteiger partial charge in [0.2, 0.25) is 5.91 Å². The summed E-state index contributed by atoms with van der Waals surface area (Å²) < 4.78 is 17.4. The lowest BCUT2D eigenvalue weighted by atomic mass is 10.1. The van der Waals surface area contributed by atoms with Gasteiger partial charge in [-0.25, -0.2) is 9.97 Å². The van der Waals surface area contributed by atoms with Crippen LogP contribution in [0.3, 0.4) is 0 Å². The van der Waals surface area contributed by atoms with E-state index in [0.717, 1.165) is 45.0 Å². The standard InChI is InChI=1S/C31H33ClN6O4/c1-2-6-30(39)37-27-18-24-26(19-29(27)41-14-5-11-38-12-15-40-16-13-38)34-21-35-31(24)36-22-8-9-28(25(32)17-22)42-20-23-7-3-4-10-33-23/h2-4,6-10,17-19,21H,5,11-16,20H2,1H3,(H,37,39)(H,34,35,36)/b6-2+. The number of morpholine rings is 1. The van der Waals surface area contributed by atoms with Crippen LogP contribution >= 0.6 is 11.6 Å². The fourth-order valence-electron chi connectivity index (χ4n) is 4.49. The smallest absolute Gasteiger partial charge is 0.248 e. The van der Waals surface area contributed by atoms with Crippen molar-refractivity contribution in [2.24, 2.45) is 0 Å². The second-order valence-corrected chi connectivity index (χ2v) is 10.0. The van der Waals surface area contributed by atoms with Crippen LogP contribution in [0, 0.1) is 0 Å². The van der Waals surface area contributed by atoms with Crippen LogP contribution in [0.2, 0.25) is 5.02 Å². The van der Waals surface area contributed by atoms with E-state index < -0.39 is 0 Å². The van der Waals surface area contributed by atoms with Gasteiger partial charge in [-0.1, -0.05) is 23.7 Å². The third-order valence-corrected chi connectivity index (χ3v) is 6.88. The van der Waals surface area contributed by atoms with Gasteiger partial charge in [0.15, 0.2) is 0 Å². The average molecular weight is 589 g/mol.